The Morgan fingerprint density at radius 3 is 1.71 bits per heavy atom. The van der Waals surface area contributed by atoms with E-state index < -0.39 is 0 Å². The number of hydrogen-bond acceptors (Lipinski definition) is 2. The fraction of sp³-hybridized carbons (Fsp3) is 0. The number of anilines is 3. The second-order valence-electron chi connectivity index (χ2n) is 14.2. The van der Waals surface area contributed by atoms with Gasteiger partial charge < -0.3 is 13.9 Å². The molecular weight excluding hydrogens is 669 g/mol. The van der Waals surface area contributed by atoms with Crippen LogP contribution in [0.5, 0.6) is 0 Å². The minimum Gasteiger partial charge on any atom is -0.455 e. The fourth-order valence-corrected chi connectivity index (χ4v) is 8.36. The standard InChI is InChI=1S/C52H34N2O/c1-2-12-38-33-43(32-27-35(38)11-1)53(42-14-9-13-39(34-42)44-18-10-19-48-47-17-5-8-22-51(47)55-52(44)48)40-28-23-36(24-29-40)37-25-30-41(31-26-37)54-49-20-6-3-15-45(49)46-16-4-7-21-50(46)54/h1-34H. The van der Waals surface area contributed by atoms with Crippen molar-refractivity contribution in [3.8, 4) is 27.9 Å². The summed E-state index contributed by atoms with van der Waals surface area (Å²) in [6, 6.07) is 73.9. The lowest BCUT2D eigenvalue weighted by atomic mass is 10.0. The number of hydrogen-bond donors (Lipinski definition) is 0. The number of rotatable bonds is 6. The zero-order valence-electron chi connectivity index (χ0n) is 29.9. The van der Waals surface area contributed by atoms with Crippen LogP contribution in [-0.4, -0.2) is 4.57 Å². The van der Waals surface area contributed by atoms with E-state index in [1.54, 1.807) is 0 Å². The normalized spacial score (nSPS) is 11.6. The Bertz CT molecular complexity index is 3150. The Labute approximate surface area is 318 Å². The summed E-state index contributed by atoms with van der Waals surface area (Å²) in [6.45, 7) is 0. The lowest BCUT2D eigenvalue weighted by molar-refractivity contribution is 0.670. The molecule has 9 aromatic carbocycles. The van der Waals surface area contributed by atoms with E-state index >= 15 is 0 Å². The van der Waals surface area contributed by atoms with Crippen molar-refractivity contribution in [2.24, 2.45) is 0 Å². The van der Waals surface area contributed by atoms with Crippen LogP contribution in [0.2, 0.25) is 0 Å². The molecule has 55 heavy (non-hydrogen) atoms. The summed E-state index contributed by atoms with van der Waals surface area (Å²) in [5, 5.41) is 7.22. The molecule has 2 aromatic heterocycles. The molecule has 11 rings (SSSR count). The van der Waals surface area contributed by atoms with Crippen molar-refractivity contribution in [1.29, 1.82) is 0 Å². The highest BCUT2D eigenvalue weighted by molar-refractivity contribution is 6.10. The maximum atomic E-state index is 6.46. The second-order valence-corrected chi connectivity index (χ2v) is 14.2. The van der Waals surface area contributed by atoms with Crippen molar-refractivity contribution in [2.75, 3.05) is 4.90 Å². The molecule has 0 saturated heterocycles. The summed E-state index contributed by atoms with van der Waals surface area (Å²) in [6.07, 6.45) is 0. The zero-order chi connectivity index (χ0) is 36.3. The van der Waals surface area contributed by atoms with Gasteiger partial charge in [0.25, 0.3) is 0 Å². The molecule has 0 aliphatic carbocycles. The Kier molecular flexibility index (Phi) is 7.17. The highest BCUT2D eigenvalue weighted by Crippen LogP contribution is 2.41. The van der Waals surface area contributed by atoms with Gasteiger partial charge in [-0.05, 0) is 94.2 Å². The lowest BCUT2D eigenvalue weighted by Crippen LogP contribution is -2.10. The van der Waals surface area contributed by atoms with E-state index in [9.17, 15) is 0 Å². The van der Waals surface area contributed by atoms with Gasteiger partial charge in [0.2, 0.25) is 0 Å². The fourth-order valence-electron chi connectivity index (χ4n) is 8.36. The number of benzene rings is 9. The highest BCUT2D eigenvalue weighted by Gasteiger charge is 2.17. The minimum atomic E-state index is 0.903. The molecule has 3 heteroatoms. The molecule has 0 atom stereocenters. The maximum absolute atomic E-state index is 6.46. The van der Waals surface area contributed by atoms with E-state index in [1.807, 2.05) is 12.1 Å². The van der Waals surface area contributed by atoms with E-state index in [4.69, 9.17) is 4.42 Å². The lowest BCUT2D eigenvalue weighted by Gasteiger charge is -2.26. The van der Waals surface area contributed by atoms with Crippen LogP contribution in [0.3, 0.4) is 0 Å². The molecule has 0 aliphatic rings. The monoisotopic (exact) mass is 702 g/mol. The first-order valence-corrected chi connectivity index (χ1v) is 18.8. The molecule has 0 radical (unpaired) electrons. The van der Waals surface area contributed by atoms with E-state index in [0.29, 0.717) is 0 Å². The maximum Gasteiger partial charge on any atom is 0.143 e. The van der Waals surface area contributed by atoms with Crippen LogP contribution in [-0.2, 0) is 0 Å². The highest BCUT2D eigenvalue weighted by atomic mass is 16.3. The summed E-state index contributed by atoms with van der Waals surface area (Å²) in [7, 11) is 0. The van der Waals surface area contributed by atoms with Gasteiger partial charge in [0.1, 0.15) is 11.2 Å². The number of fused-ring (bicyclic) bond motifs is 7. The van der Waals surface area contributed by atoms with Crippen LogP contribution in [0.4, 0.5) is 17.1 Å². The minimum absolute atomic E-state index is 0.903. The molecule has 0 N–H and O–H groups in total. The summed E-state index contributed by atoms with van der Waals surface area (Å²) in [5.74, 6) is 0. The average Bonchev–Trinajstić information content (AvgIpc) is 3.80. The smallest absolute Gasteiger partial charge is 0.143 e. The third-order valence-corrected chi connectivity index (χ3v) is 11.0. The Morgan fingerprint density at radius 2 is 0.945 bits per heavy atom. The van der Waals surface area contributed by atoms with Crippen LogP contribution < -0.4 is 4.90 Å². The van der Waals surface area contributed by atoms with Gasteiger partial charge in [0.05, 0.1) is 11.0 Å². The molecule has 0 aliphatic heterocycles. The Hall–Kier alpha value is -7.36. The van der Waals surface area contributed by atoms with Crippen molar-refractivity contribution in [2.45, 2.75) is 0 Å². The topological polar surface area (TPSA) is 21.3 Å². The van der Waals surface area contributed by atoms with Crippen LogP contribution in [0.15, 0.2) is 211 Å². The van der Waals surface area contributed by atoms with Gasteiger partial charge in [-0.3, -0.25) is 0 Å². The number of para-hydroxylation sites is 4. The van der Waals surface area contributed by atoms with Crippen LogP contribution in [0, 0.1) is 0 Å². The second kappa shape index (κ2) is 12.6. The van der Waals surface area contributed by atoms with Crippen molar-refractivity contribution in [3.63, 3.8) is 0 Å². The summed E-state index contributed by atoms with van der Waals surface area (Å²) in [4.78, 5) is 2.35. The molecule has 0 amide bonds. The van der Waals surface area contributed by atoms with Gasteiger partial charge in [-0.1, -0.05) is 140 Å². The SMILES string of the molecule is c1cc(-c2cccc3c2oc2ccccc23)cc(N(c2ccc(-c3ccc(-n4c5ccccc5c5ccccc54)cc3)cc2)c2ccc3ccccc3c2)c1. The quantitative estimate of drug-likeness (QED) is 0.172. The van der Waals surface area contributed by atoms with Gasteiger partial charge >= 0.3 is 0 Å². The predicted molar refractivity (Wildman–Crippen MR) is 231 cm³/mol. The Balaban J connectivity index is 0.988. The van der Waals surface area contributed by atoms with Crippen molar-refractivity contribution < 1.29 is 4.42 Å². The van der Waals surface area contributed by atoms with Gasteiger partial charge in [-0.25, -0.2) is 0 Å². The Morgan fingerprint density at radius 1 is 0.364 bits per heavy atom. The molecular formula is C52H34N2O. The molecule has 2 heterocycles. The zero-order valence-corrected chi connectivity index (χ0v) is 29.9. The largest absolute Gasteiger partial charge is 0.455 e. The van der Waals surface area contributed by atoms with Crippen LogP contribution >= 0.6 is 0 Å². The van der Waals surface area contributed by atoms with Gasteiger partial charge in [-0.15, -0.1) is 0 Å². The first-order chi connectivity index (χ1) is 27.3. The number of nitrogens with zero attached hydrogens (tertiary/aromatic N) is 2. The van der Waals surface area contributed by atoms with Crippen LogP contribution in [0.1, 0.15) is 0 Å². The summed E-state index contributed by atoms with van der Waals surface area (Å²) in [5.41, 5.74) is 13.2. The third kappa shape index (κ3) is 5.20. The molecule has 258 valence electrons. The number of furan rings is 1. The predicted octanol–water partition coefficient (Wildman–Crippen LogP) is 14.6. The summed E-state index contributed by atoms with van der Waals surface area (Å²) >= 11 is 0. The van der Waals surface area contributed by atoms with Gasteiger partial charge in [0, 0.05) is 49.9 Å². The summed E-state index contributed by atoms with van der Waals surface area (Å²) < 4.78 is 8.83. The van der Waals surface area contributed by atoms with Gasteiger partial charge in [-0.2, -0.15) is 0 Å². The molecule has 0 spiro atoms. The van der Waals surface area contributed by atoms with Crippen molar-refractivity contribution >= 4 is 71.6 Å². The molecule has 3 nitrogen and oxygen atoms in total. The molecule has 0 saturated carbocycles. The number of aromatic nitrogens is 1. The molecule has 0 unspecified atom stereocenters. The molecule has 11 aromatic rings. The van der Waals surface area contributed by atoms with Crippen molar-refractivity contribution in [3.05, 3.63) is 206 Å². The van der Waals surface area contributed by atoms with Gasteiger partial charge in [0.15, 0.2) is 0 Å². The van der Waals surface area contributed by atoms with E-state index in [0.717, 1.165) is 55.8 Å². The van der Waals surface area contributed by atoms with Crippen molar-refractivity contribution in [1.82, 2.24) is 4.57 Å². The first kappa shape index (κ1) is 31.2. The average molecular weight is 703 g/mol. The third-order valence-electron chi connectivity index (χ3n) is 11.0. The molecule has 0 fully saturated rings. The van der Waals surface area contributed by atoms with E-state index in [1.165, 1.54) is 43.7 Å². The van der Waals surface area contributed by atoms with E-state index in [-0.39, 0.29) is 0 Å². The van der Waals surface area contributed by atoms with E-state index in [2.05, 4.69) is 204 Å². The first-order valence-electron chi connectivity index (χ1n) is 18.8. The molecule has 0 bridgehead atoms. The van der Waals surface area contributed by atoms with Crippen LogP contribution in [0.25, 0.3) is 82.5 Å².